The maximum Gasteiger partial charge on any atom is 0.251 e. The van der Waals surface area contributed by atoms with Crippen LogP contribution in [0.4, 0.5) is 0 Å². The minimum absolute atomic E-state index is 0.0721. The molecule has 1 aromatic heterocycles. The Kier molecular flexibility index (Phi) is 4.58. The van der Waals surface area contributed by atoms with Gasteiger partial charge in [0.15, 0.2) is 0 Å². The van der Waals surface area contributed by atoms with Crippen LogP contribution in [0.2, 0.25) is 0 Å². The highest BCUT2D eigenvalue weighted by Gasteiger charge is 2.36. The number of amides is 1. The third-order valence-corrected chi connectivity index (χ3v) is 6.21. The maximum absolute atomic E-state index is 12.8. The van der Waals surface area contributed by atoms with Gasteiger partial charge in [-0.25, -0.2) is 0 Å². The molecule has 0 bridgehead atoms. The van der Waals surface area contributed by atoms with E-state index in [9.17, 15) is 4.79 Å². The number of thiophene rings is 1. The number of rotatable bonds is 4. The van der Waals surface area contributed by atoms with Crippen molar-refractivity contribution in [2.45, 2.75) is 51.9 Å². The first-order valence-electron chi connectivity index (χ1n) is 8.42. The van der Waals surface area contributed by atoms with Crippen LogP contribution in [0.25, 0.3) is 0 Å². The van der Waals surface area contributed by atoms with Gasteiger partial charge in [-0.05, 0) is 56.2 Å². The average molecular weight is 327 g/mol. The fraction of sp³-hybridized carbons (Fsp3) is 0.450. The van der Waals surface area contributed by atoms with E-state index in [1.54, 1.807) is 0 Å². The number of hydrogen-bond acceptors (Lipinski definition) is 2. The van der Waals surface area contributed by atoms with E-state index in [1.165, 1.54) is 36.1 Å². The molecule has 1 saturated carbocycles. The van der Waals surface area contributed by atoms with Crippen LogP contribution in [0.1, 0.15) is 57.6 Å². The number of carbonyl (C=O) groups excluding carboxylic acids is 1. The van der Waals surface area contributed by atoms with Crippen LogP contribution in [-0.4, -0.2) is 12.5 Å². The van der Waals surface area contributed by atoms with Gasteiger partial charge in [0.2, 0.25) is 0 Å². The van der Waals surface area contributed by atoms with E-state index in [-0.39, 0.29) is 11.3 Å². The third-order valence-electron chi connectivity index (χ3n) is 5.10. The normalized spacial score (nSPS) is 16.5. The van der Waals surface area contributed by atoms with E-state index < -0.39 is 0 Å². The van der Waals surface area contributed by atoms with Gasteiger partial charge in [0, 0.05) is 22.4 Å². The second kappa shape index (κ2) is 6.48. The Labute approximate surface area is 142 Å². The Bertz CT molecular complexity index is 673. The molecule has 0 aliphatic heterocycles. The molecular weight excluding hydrogens is 302 g/mol. The largest absolute Gasteiger partial charge is 0.351 e. The van der Waals surface area contributed by atoms with Gasteiger partial charge in [-0.1, -0.05) is 36.6 Å². The lowest BCUT2D eigenvalue weighted by atomic mass is 9.84. The van der Waals surface area contributed by atoms with Crippen molar-refractivity contribution in [1.82, 2.24) is 5.32 Å². The van der Waals surface area contributed by atoms with Crippen molar-refractivity contribution < 1.29 is 4.79 Å². The number of carbonyl (C=O) groups is 1. The van der Waals surface area contributed by atoms with Crippen LogP contribution in [-0.2, 0) is 5.41 Å². The summed E-state index contributed by atoms with van der Waals surface area (Å²) in [6.45, 7) is 6.88. The summed E-state index contributed by atoms with van der Waals surface area (Å²) in [4.78, 5) is 14.2. The van der Waals surface area contributed by atoms with Crippen molar-refractivity contribution in [3.63, 3.8) is 0 Å². The Morgan fingerprint density at radius 2 is 1.83 bits per heavy atom. The quantitative estimate of drug-likeness (QED) is 0.849. The summed E-state index contributed by atoms with van der Waals surface area (Å²) in [7, 11) is 0. The Morgan fingerprint density at radius 1 is 1.17 bits per heavy atom. The maximum atomic E-state index is 12.8. The summed E-state index contributed by atoms with van der Waals surface area (Å²) in [5.74, 6) is 0.0721. The van der Waals surface area contributed by atoms with Crippen molar-refractivity contribution in [2.75, 3.05) is 6.54 Å². The molecule has 0 radical (unpaired) electrons. The van der Waals surface area contributed by atoms with Gasteiger partial charge in [-0.2, -0.15) is 0 Å². The predicted molar refractivity (Wildman–Crippen MR) is 97.5 cm³/mol. The van der Waals surface area contributed by atoms with E-state index in [4.69, 9.17) is 0 Å². The van der Waals surface area contributed by atoms with E-state index in [0.717, 1.165) is 23.2 Å². The molecule has 0 atom stereocenters. The molecule has 1 aromatic carbocycles. The minimum Gasteiger partial charge on any atom is -0.351 e. The fourth-order valence-electron chi connectivity index (χ4n) is 4.02. The smallest absolute Gasteiger partial charge is 0.251 e. The highest BCUT2D eigenvalue weighted by atomic mass is 32.1. The molecule has 1 fully saturated rings. The molecule has 3 heteroatoms. The molecule has 0 spiro atoms. The minimum atomic E-state index is 0.0721. The van der Waals surface area contributed by atoms with Crippen LogP contribution < -0.4 is 5.32 Å². The molecule has 0 unspecified atom stereocenters. The molecule has 2 nitrogen and oxygen atoms in total. The van der Waals surface area contributed by atoms with Crippen LogP contribution in [0.15, 0.2) is 29.6 Å². The molecule has 3 rings (SSSR count). The SMILES string of the molecule is Cc1cc(C)c(C(=O)NCC2(c3cccs3)CCCC2)c(C)c1. The molecule has 1 heterocycles. The summed E-state index contributed by atoms with van der Waals surface area (Å²) < 4.78 is 0. The van der Waals surface area contributed by atoms with Crippen molar-refractivity contribution in [1.29, 1.82) is 0 Å². The fourth-order valence-corrected chi connectivity index (χ4v) is 5.01. The number of nitrogens with one attached hydrogen (secondary N) is 1. The molecular formula is C20H25NOS. The molecule has 1 amide bonds. The lowest BCUT2D eigenvalue weighted by molar-refractivity contribution is 0.0942. The molecule has 2 aromatic rings. The molecule has 23 heavy (non-hydrogen) atoms. The van der Waals surface area contributed by atoms with E-state index in [2.05, 4.69) is 41.9 Å². The Balaban J connectivity index is 1.78. The van der Waals surface area contributed by atoms with Gasteiger partial charge in [0.25, 0.3) is 5.91 Å². The van der Waals surface area contributed by atoms with Gasteiger partial charge in [-0.15, -0.1) is 11.3 Å². The van der Waals surface area contributed by atoms with Crippen molar-refractivity contribution >= 4 is 17.2 Å². The van der Waals surface area contributed by atoms with Gasteiger partial charge in [0.05, 0.1) is 0 Å². The van der Waals surface area contributed by atoms with Gasteiger partial charge in [0.1, 0.15) is 0 Å². The summed E-state index contributed by atoms with van der Waals surface area (Å²) in [6, 6.07) is 8.53. The second-order valence-corrected chi connectivity index (χ2v) is 7.87. The Morgan fingerprint density at radius 3 is 2.39 bits per heavy atom. The highest BCUT2D eigenvalue weighted by molar-refractivity contribution is 7.10. The number of benzene rings is 1. The molecule has 1 aliphatic rings. The van der Waals surface area contributed by atoms with Crippen molar-refractivity contribution in [2.24, 2.45) is 0 Å². The van der Waals surface area contributed by atoms with Gasteiger partial charge < -0.3 is 5.32 Å². The summed E-state index contributed by atoms with van der Waals surface area (Å²) >= 11 is 1.82. The van der Waals surface area contributed by atoms with Crippen LogP contribution in [0.5, 0.6) is 0 Å². The van der Waals surface area contributed by atoms with Crippen molar-refractivity contribution in [3.05, 3.63) is 56.8 Å². The summed E-state index contributed by atoms with van der Waals surface area (Å²) in [6.07, 6.45) is 4.88. The van der Waals surface area contributed by atoms with Crippen molar-refractivity contribution in [3.8, 4) is 0 Å². The topological polar surface area (TPSA) is 29.1 Å². The Hall–Kier alpha value is -1.61. The molecule has 0 saturated heterocycles. The van der Waals surface area contributed by atoms with E-state index in [1.807, 2.05) is 25.2 Å². The average Bonchev–Trinajstić information content (AvgIpc) is 3.16. The number of aryl methyl sites for hydroxylation is 3. The van der Waals surface area contributed by atoms with Crippen LogP contribution >= 0.6 is 11.3 Å². The third kappa shape index (κ3) is 3.20. The van der Waals surface area contributed by atoms with Crippen LogP contribution in [0.3, 0.4) is 0 Å². The first kappa shape index (κ1) is 16.3. The molecule has 1 aliphatic carbocycles. The first-order valence-corrected chi connectivity index (χ1v) is 9.30. The van der Waals surface area contributed by atoms with Gasteiger partial charge in [-0.3, -0.25) is 4.79 Å². The monoisotopic (exact) mass is 327 g/mol. The second-order valence-electron chi connectivity index (χ2n) is 6.92. The standard InChI is InChI=1S/C20H25NOS/c1-14-11-15(2)18(16(3)12-14)19(22)21-13-20(8-4-5-9-20)17-7-6-10-23-17/h6-7,10-12H,4-5,8-9,13H2,1-3H3,(H,21,22). The number of hydrogen-bond donors (Lipinski definition) is 1. The van der Waals surface area contributed by atoms with Crippen LogP contribution in [0, 0.1) is 20.8 Å². The lowest BCUT2D eigenvalue weighted by Crippen LogP contribution is -2.39. The molecule has 122 valence electrons. The zero-order chi connectivity index (χ0) is 16.4. The lowest BCUT2D eigenvalue weighted by Gasteiger charge is -2.28. The predicted octanol–water partition coefficient (Wildman–Crippen LogP) is 4.92. The molecule has 1 N–H and O–H groups in total. The summed E-state index contributed by atoms with van der Waals surface area (Å²) in [5.41, 5.74) is 4.33. The highest BCUT2D eigenvalue weighted by Crippen LogP contribution is 2.42. The first-order chi connectivity index (χ1) is 11.0. The van der Waals surface area contributed by atoms with E-state index in [0.29, 0.717) is 0 Å². The van der Waals surface area contributed by atoms with Gasteiger partial charge >= 0.3 is 0 Å². The zero-order valence-corrected chi connectivity index (χ0v) is 15.1. The summed E-state index contributed by atoms with van der Waals surface area (Å²) in [5, 5.41) is 5.38. The zero-order valence-electron chi connectivity index (χ0n) is 14.2. The van der Waals surface area contributed by atoms with E-state index >= 15 is 0 Å².